The second-order valence-corrected chi connectivity index (χ2v) is 5.76. The van der Waals surface area contributed by atoms with Gasteiger partial charge < -0.3 is 14.2 Å². The highest BCUT2D eigenvalue weighted by Crippen LogP contribution is 2.37. The number of methoxy groups -OCH3 is 2. The third-order valence-corrected chi connectivity index (χ3v) is 4.16. The minimum Gasteiger partial charge on any atom is -0.493 e. The molecule has 0 fully saturated rings. The van der Waals surface area contributed by atoms with E-state index in [-0.39, 0.29) is 0 Å². The van der Waals surface area contributed by atoms with Crippen molar-refractivity contribution in [3.8, 4) is 23.0 Å². The van der Waals surface area contributed by atoms with Crippen molar-refractivity contribution in [2.24, 2.45) is 0 Å². The van der Waals surface area contributed by atoms with E-state index in [1.54, 1.807) is 26.6 Å². The molecule has 0 atom stereocenters. The molecule has 6 heteroatoms. The molecule has 0 N–H and O–H groups in total. The summed E-state index contributed by atoms with van der Waals surface area (Å²) in [4.78, 5) is 13.2. The fourth-order valence-corrected chi connectivity index (χ4v) is 2.83. The Morgan fingerprint density at radius 3 is 2.42 bits per heavy atom. The molecular formula is C20H17N3O3. The number of hydrogen-bond donors (Lipinski definition) is 0. The van der Waals surface area contributed by atoms with Crippen LogP contribution >= 0.6 is 0 Å². The number of fused-ring (bicyclic) bond motifs is 2. The number of ether oxygens (including phenoxy) is 3. The maximum Gasteiger partial charge on any atom is 0.162 e. The van der Waals surface area contributed by atoms with Crippen LogP contribution in [0.2, 0.25) is 0 Å². The Morgan fingerprint density at radius 2 is 1.62 bits per heavy atom. The van der Waals surface area contributed by atoms with Crippen molar-refractivity contribution in [2.45, 2.75) is 6.92 Å². The van der Waals surface area contributed by atoms with E-state index in [0.717, 1.165) is 22.0 Å². The Bertz CT molecular complexity index is 1110. The van der Waals surface area contributed by atoms with Gasteiger partial charge >= 0.3 is 0 Å². The molecule has 6 nitrogen and oxygen atoms in total. The summed E-state index contributed by atoms with van der Waals surface area (Å²) >= 11 is 0. The molecule has 0 saturated heterocycles. The Balaban J connectivity index is 1.83. The lowest BCUT2D eigenvalue weighted by Crippen LogP contribution is -1.95. The van der Waals surface area contributed by atoms with Gasteiger partial charge in [0, 0.05) is 29.2 Å². The second-order valence-electron chi connectivity index (χ2n) is 5.76. The molecule has 3 aromatic heterocycles. The van der Waals surface area contributed by atoms with E-state index >= 15 is 0 Å². The van der Waals surface area contributed by atoms with Crippen LogP contribution in [0.5, 0.6) is 23.0 Å². The Hall–Kier alpha value is -3.41. The lowest BCUT2D eigenvalue weighted by molar-refractivity contribution is 0.355. The van der Waals surface area contributed by atoms with Gasteiger partial charge in [0.2, 0.25) is 0 Å². The zero-order chi connectivity index (χ0) is 18.1. The Morgan fingerprint density at radius 1 is 0.808 bits per heavy atom. The van der Waals surface area contributed by atoms with E-state index < -0.39 is 0 Å². The summed E-state index contributed by atoms with van der Waals surface area (Å²) in [5, 5.41) is 1.75. The highest BCUT2D eigenvalue weighted by atomic mass is 16.5. The Labute approximate surface area is 150 Å². The van der Waals surface area contributed by atoms with Gasteiger partial charge in [-0.05, 0) is 37.3 Å². The fourth-order valence-electron chi connectivity index (χ4n) is 2.83. The second kappa shape index (κ2) is 6.48. The number of hydrogen-bond acceptors (Lipinski definition) is 6. The van der Waals surface area contributed by atoms with Gasteiger partial charge in [0.25, 0.3) is 0 Å². The van der Waals surface area contributed by atoms with Gasteiger partial charge in [0.1, 0.15) is 11.5 Å². The van der Waals surface area contributed by atoms with Crippen molar-refractivity contribution in [3.05, 3.63) is 54.5 Å². The monoisotopic (exact) mass is 347 g/mol. The third-order valence-electron chi connectivity index (χ3n) is 4.16. The standard InChI is InChI=1S/C20H17N3O3/c1-12-17(9-13-5-4-7-22-20(13)23-12)26-16-6-8-21-15-11-19(25-3)18(24-2)10-14(15)16/h4-11H,1-3H3. The van der Waals surface area contributed by atoms with Crippen LogP contribution in [-0.4, -0.2) is 29.2 Å². The first-order valence-corrected chi connectivity index (χ1v) is 8.10. The van der Waals surface area contributed by atoms with Crippen LogP contribution in [-0.2, 0) is 0 Å². The summed E-state index contributed by atoms with van der Waals surface area (Å²) in [6.07, 6.45) is 3.43. The van der Waals surface area contributed by atoms with Crippen LogP contribution in [0, 0.1) is 6.92 Å². The minimum absolute atomic E-state index is 0.621. The molecule has 4 aromatic rings. The molecule has 0 bridgehead atoms. The first-order chi connectivity index (χ1) is 12.7. The number of pyridine rings is 3. The first-order valence-electron chi connectivity index (χ1n) is 8.10. The minimum atomic E-state index is 0.621. The molecule has 3 heterocycles. The van der Waals surface area contributed by atoms with Crippen LogP contribution in [0.1, 0.15) is 5.69 Å². The average Bonchev–Trinajstić information content (AvgIpc) is 2.67. The van der Waals surface area contributed by atoms with E-state index in [0.29, 0.717) is 28.6 Å². The van der Waals surface area contributed by atoms with Crippen molar-refractivity contribution >= 4 is 21.9 Å². The molecule has 0 aliphatic heterocycles. The van der Waals surface area contributed by atoms with Crippen molar-refractivity contribution in [2.75, 3.05) is 14.2 Å². The van der Waals surface area contributed by atoms with Gasteiger partial charge in [0.15, 0.2) is 17.1 Å². The van der Waals surface area contributed by atoms with E-state index in [4.69, 9.17) is 14.2 Å². The van der Waals surface area contributed by atoms with Crippen LogP contribution < -0.4 is 14.2 Å². The smallest absolute Gasteiger partial charge is 0.162 e. The molecule has 0 spiro atoms. The molecular weight excluding hydrogens is 330 g/mol. The molecule has 4 rings (SSSR count). The van der Waals surface area contributed by atoms with Crippen LogP contribution in [0.3, 0.4) is 0 Å². The Kier molecular flexibility index (Phi) is 4.01. The molecule has 0 amide bonds. The van der Waals surface area contributed by atoms with E-state index in [9.17, 15) is 0 Å². The molecule has 1 aromatic carbocycles. The predicted octanol–water partition coefficient (Wildman–Crippen LogP) is 4.30. The van der Waals surface area contributed by atoms with Gasteiger partial charge in [-0.15, -0.1) is 0 Å². The van der Waals surface area contributed by atoms with Crippen molar-refractivity contribution in [1.82, 2.24) is 15.0 Å². The number of rotatable bonds is 4. The topological polar surface area (TPSA) is 66.4 Å². The third kappa shape index (κ3) is 2.75. The highest BCUT2D eigenvalue weighted by molar-refractivity contribution is 5.88. The van der Waals surface area contributed by atoms with E-state index in [1.807, 2.05) is 43.3 Å². The van der Waals surface area contributed by atoms with Gasteiger partial charge in [0.05, 0.1) is 25.4 Å². The normalized spacial score (nSPS) is 10.9. The van der Waals surface area contributed by atoms with Crippen LogP contribution in [0.25, 0.3) is 21.9 Å². The zero-order valence-corrected chi connectivity index (χ0v) is 14.7. The number of aryl methyl sites for hydroxylation is 1. The number of nitrogens with zero attached hydrogens (tertiary/aromatic N) is 3. The molecule has 26 heavy (non-hydrogen) atoms. The number of benzene rings is 1. The SMILES string of the molecule is COc1cc2nccc(Oc3cc4cccnc4nc3C)c2cc1OC. The maximum atomic E-state index is 6.18. The average molecular weight is 347 g/mol. The lowest BCUT2D eigenvalue weighted by Gasteiger charge is -2.13. The quantitative estimate of drug-likeness (QED) is 0.548. The van der Waals surface area contributed by atoms with Gasteiger partial charge in [-0.1, -0.05) is 0 Å². The summed E-state index contributed by atoms with van der Waals surface area (Å²) < 4.78 is 16.9. The van der Waals surface area contributed by atoms with Crippen molar-refractivity contribution in [1.29, 1.82) is 0 Å². The molecule has 0 radical (unpaired) electrons. The number of aromatic nitrogens is 3. The van der Waals surface area contributed by atoms with Crippen LogP contribution in [0.15, 0.2) is 48.8 Å². The maximum absolute atomic E-state index is 6.18. The molecule has 130 valence electrons. The first kappa shape index (κ1) is 16.1. The predicted molar refractivity (Wildman–Crippen MR) is 99.2 cm³/mol. The van der Waals surface area contributed by atoms with Crippen molar-refractivity contribution < 1.29 is 14.2 Å². The summed E-state index contributed by atoms with van der Waals surface area (Å²) in [6, 6.07) is 11.3. The summed E-state index contributed by atoms with van der Waals surface area (Å²) in [5.41, 5.74) is 2.22. The van der Waals surface area contributed by atoms with Crippen LogP contribution in [0.4, 0.5) is 0 Å². The highest BCUT2D eigenvalue weighted by Gasteiger charge is 2.13. The lowest BCUT2D eigenvalue weighted by atomic mass is 10.1. The fraction of sp³-hybridized carbons (Fsp3) is 0.150. The molecule has 0 unspecified atom stereocenters. The van der Waals surface area contributed by atoms with Gasteiger partial charge in [-0.25, -0.2) is 9.97 Å². The molecule has 0 aliphatic carbocycles. The molecule has 0 saturated carbocycles. The van der Waals surface area contributed by atoms with Crippen molar-refractivity contribution in [3.63, 3.8) is 0 Å². The zero-order valence-electron chi connectivity index (χ0n) is 14.7. The molecule has 0 aliphatic rings. The van der Waals surface area contributed by atoms with E-state index in [1.165, 1.54) is 0 Å². The summed E-state index contributed by atoms with van der Waals surface area (Å²) in [7, 11) is 3.20. The van der Waals surface area contributed by atoms with Gasteiger partial charge in [-0.3, -0.25) is 4.98 Å². The largest absolute Gasteiger partial charge is 0.493 e. The summed E-state index contributed by atoms with van der Waals surface area (Å²) in [6.45, 7) is 1.90. The van der Waals surface area contributed by atoms with Gasteiger partial charge in [-0.2, -0.15) is 0 Å². The summed E-state index contributed by atoms with van der Waals surface area (Å²) in [5.74, 6) is 2.59. The van der Waals surface area contributed by atoms with E-state index in [2.05, 4.69) is 15.0 Å².